The molecule has 0 aliphatic heterocycles. The van der Waals surface area contributed by atoms with Crippen LogP contribution in [0.2, 0.25) is 0 Å². The molecule has 0 amide bonds. The first-order valence-electron chi connectivity index (χ1n) is 7.37. The minimum Gasteiger partial charge on any atom is -0.380 e. The Morgan fingerprint density at radius 2 is 1.73 bits per heavy atom. The molecule has 0 unspecified atom stereocenters. The topological polar surface area (TPSA) is 47.0 Å². The number of aromatic nitrogens is 2. The van der Waals surface area contributed by atoms with E-state index in [1.165, 1.54) is 11.1 Å². The zero-order chi connectivity index (χ0) is 15.2. The standard InChI is InChI=1S/C18H19N3O/c1-22-12-15-8-6-14(7-9-15)10-11-19-18-16-4-2-3-5-17(16)20-13-21-18/h2-9,13H,10-12H2,1H3,(H,19,20,21). The lowest BCUT2D eigenvalue weighted by atomic mass is 10.1. The summed E-state index contributed by atoms with van der Waals surface area (Å²) in [7, 11) is 1.71. The predicted octanol–water partition coefficient (Wildman–Crippen LogP) is 3.43. The number of anilines is 1. The van der Waals surface area contributed by atoms with Gasteiger partial charge in [-0.3, -0.25) is 0 Å². The molecule has 3 rings (SSSR count). The zero-order valence-electron chi connectivity index (χ0n) is 12.6. The molecule has 4 heteroatoms. The molecule has 0 aliphatic rings. The lowest BCUT2D eigenvalue weighted by molar-refractivity contribution is 0.185. The molecule has 0 saturated heterocycles. The Labute approximate surface area is 130 Å². The number of para-hydroxylation sites is 1. The van der Waals surface area contributed by atoms with Crippen molar-refractivity contribution in [1.82, 2.24) is 9.97 Å². The van der Waals surface area contributed by atoms with Crippen LogP contribution in [0.15, 0.2) is 54.9 Å². The Kier molecular flexibility index (Phi) is 4.61. The van der Waals surface area contributed by atoms with Crippen molar-refractivity contribution in [3.8, 4) is 0 Å². The van der Waals surface area contributed by atoms with Gasteiger partial charge in [0.25, 0.3) is 0 Å². The Bertz CT molecular complexity index is 735. The lowest BCUT2D eigenvalue weighted by Gasteiger charge is -2.08. The summed E-state index contributed by atoms with van der Waals surface area (Å²) in [6.07, 6.45) is 2.55. The Hall–Kier alpha value is -2.46. The van der Waals surface area contributed by atoms with Gasteiger partial charge in [-0.1, -0.05) is 36.4 Å². The molecule has 3 aromatic rings. The molecule has 22 heavy (non-hydrogen) atoms. The lowest BCUT2D eigenvalue weighted by Crippen LogP contribution is -2.07. The number of methoxy groups -OCH3 is 1. The summed E-state index contributed by atoms with van der Waals surface area (Å²) in [4.78, 5) is 8.61. The number of fused-ring (bicyclic) bond motifs is 1. The number of benzene rings is 2. The van der Waals surface area contributed by atoms with E-state index in [2.05, 4.69) is 39.6 Å². The van der Waals surface area contributed by atoms with Crippen LogP contribution < -0.4 is 5.32 Å². The summed E-state index contributed by atoms with van der Waals surface area (Å²) < 4.78 is 5.12. The molecule has 1 heterocycles. The van der Waals surface area contributed by atoms with Gasteiger partial charge in [-0.25, -0.2) is 9.97 Å². The SMILES string of the molecule is COCc1ccc(CCNc2ncnc3ccccc23)cc1. The quantitative estimate of drug-likeness (QED) is 0.756. The maximum Gasteiger partial charge on any atom is 0.137 e. The normalized spacial score (nSPS) is 10.8. The summed E-state index contributed by atoms with van der Waals surface area (Å²) in [5.74, 6) is 0.890. The number of rotatable bonds is 6. The fraction of sp³-hybridized carbons (Fsp3) is 0.222. The van der Waals surface area contributed by atoms with E-state index in [4.69, 9.17) is 4.74 Å². The molecule has 0 radical (unpaired) electrons. The molecule has 0 aliphatic carbocycles. The van der Waals surface area contributed by atoms with Crippen molar-refractivity contribution in [3.05, 3.63) is 66.0 Å². The third-order valence-corrected chi connectivity index (χ3v) is 3.58. The average molecular weight is 293 g/mol. The summed E-state index contributed by atoms with van der Waals surface area (Å²) >= 11 is 0. The van der Waals surface area contributed by atoms with Gasteiger partial charge in [0.15, 0.2) is 0 Å². The van der Waals surface area contributed by atoms with Crippen LogP contribution in [0.5, 0.6) is 0 Å². The largest absolute Gasteiger partial charge is 0.380 e. The van der Waals surface area contributed by atoms with Gasteiger partial charge < -0.3 is 10.1 Å². The van der Waals surface area contributed by atoms with E-state index in [0.717, 1.165) is 29.7 Å². The second-order valence-electron chi connectivity index (χ2n) is 5.17. The van der Waals surface area contributed by atoms with Crippen molar-refractivity contribution in [3.63, 3.8) is 0 Å². The van der Waals surface area contributed by atoms with Crippen molar-refractivity contribution >= 4 is 16.7 Å². The molecular formula is C18H19N3O. The van der Waals surface area contributed by atoms with E-state index in [-0.39, 0.29) is 0 Å². The second kappa shape index (κ2) is 7.00. The molecule has 0 fully saturated rings. The zero-order valence-corrected chi connectivity index (χ0v) is 12.6. The summed E-state index contributed by atoms with van der Waals surface area (Å²) in [6, 6.07) is 16.5. The molecule has 2 aromatic carbocycles. The highest BCUT2D eigenvalue weighted by molar-refractivity contribution is 5.88. The number of hydrogen-bond acceptors (Lipinski definition) is 4. The van der Waals surface area contributed by atoms with E-state index in [1.54, 1.807) is 13.4 Å². The van der Waals surface area contributed by atoms with Crippen molar-refractivity contribution < 1.29 is 4.74 Å². The van der Waals surface area contributed by atoms with Gasteiger partial charge in [-0.2, -0.15) is 0 Å². The molecule has 112 valence electrons. The summed E-state index contributed by atoms with van der Waals surface area (Å²) in [5.41, 5.74) is 3.45. The van der Waals surface area contributed by atoms with Gasteiger partial charge in [-0.15, -0.1) is 0 Å². The Morgan fingerprint density at radius 1 is 0.955 bits per heavy atom. The highest BCUT2D eigenvalue weighted by Crippen LogP contribution is 2.18. The molecular weight excluding hydrogens is 274 g/mol. The number of nitrogens with zero attached hydrogens (tertiary/aromatic N) is 2. The molecule has 0 saturated carbocycles. The van der Waals surface area contributed by atoms with Crippen LogP contribution in [0, 0.1) is 0 Å². The van der Waals surface area contributed by atoms with Gasteiger partial charge >= 0.3 is 0 Å². The predicted molar refractivity (Wildman–Crippen MR) is 88.9 cm³/mol. The van der Waals surface area contributed by atoms with Gasteiger partial charge in [0, 0.05) is 19.0 Å². The minimum absolute atomic E-state index is 0.658. The number of hydrogen-bond donors (Lipinski definition) is 1. The van der Waals surface area contributed by atoms with Crippen molar-refractivity contribution in [2.75, 3.05) is 19.0 Å². The van der Waals surface area contributed by atoms with Crippen LogP contribution in [0.25, 0.3) is 10.9 Å². The van der Waals surface area contributed by atoms with Crippen LogP contribution in [0.4, 0.5) is 5.82 Å². The van der Waals surface area contributed by atoms with E-state index in [1.807, 2.05) is 24.3 Å². The smallest absolute Gasteiger partial charge is 0.137 e. The third-order valence-electron chi connectivity index (χ3n) is 3.58. The van der Waals surface area contributed by atoms with Gasteiger partial charge in [0.2, 0.25) is 0 Å². The first-order valence-corrected chi connectivity index (χ1v) is 7.37. The van der Waals surface area contributed by atoms with Gasteiger partial charge in [0.1, 0.15) is 12.1 Å². The molecule has 1 N–H and O–H groups in total. The molecule has 4 nitrogen and oxygen atoms in total. The molecule has 0 atom stereocenters. The van der Waals surface area contributed by atoms with Crippen LogP contribution in [0.3, 0.4) is 0 Å². The molecule has 0 bridgehead atoms. The van der Waals surface area contributed by atoms with Crippen LogP contribution in [-0.4, -0.2) is 23.6 Å². The van der Waals surface area contributed by atoms with Crippen LogP contribution in [0.1, 0.15) is 11.1 Å². The summed E-state index contributed by atoms with van der Waals surface area (Å²) in [6.45, 7) is 1.50. The first kappa shape index (κ1) is 14.5. The van der Waals surface area contributed by atoms with E-state index >= 15 is 0 Å². The van der Waals surface area contributed by atoms with E-state index < -0.39 is 0 Å². The van der Waals surface area contributed by atoms with Crippen molar-refractivity contribution in [2.24, 2.45) is 0 Å². The van der Waals surface area contributed by atoms with E-state index in [9.17, 15) is 0 Å². The molecule has 0 spiro atoms. The third kappa shape index (κ3) is 3.40. The maximum absolute atomic E-state index is 5.12. The number of nitrogens with one attached hydrogen (secondary N) is 1. The average Bonchev–Trinajstić information content (AvgIpc) is 2.57. The minimum atomic E-state index is 0.658. The van der Waals surface area contributed by atoms with E-state index in [0.29, 0.717) is 6.61 Å². The fourth-order valence-electron chi connectivity index (χ4n) is 2.44. The highest BCUT2D eigenvalue weighted by atomic mass is 16.5. The maximum atomic E-state index is 5.12. The van der Waals surface area contributed by atoms with Gasteiger partial charge in [0.05, 0.1) is 12.1 Å². The Balaban J connectivity index is 1.62. The summed E-state index contributed by atoms with van der Waals surface area (Å²) in [5, 5.41) is 4.46. The van der Waals surface area contributed by atoms with Crippen molar-refractivity contribution in [2.45, 2.75) is 13.0 Å². The monoisotopic (exact) mass is 293 g/mol. The second-order valence-corrected chi connectivity index (χ2v) is 5.17. The van der Waals surface area contributed by atoms with Crippen LogP contribution >= 0.6 is 0 Å². The highest BCUT2D eigenvalue weighted by Gasteiger charge is 2.02. The van der Waals surface area contributed by atoms with Crippen molar-refractivity contribution in [1.29, 1.82) is 0 Å². The van der Waals surface area contributed by atoms with Gasteiger partial charge in [-0.05, 0) is 29.7 Å². The van der Waals surface area contributed by atoms with Crippen LogP contribution in [-0.2, 0) is 17.8 Å². The fourth-order valence-corrected chi connectivity index (χ4v) is 2.44. The molecule has 1 aromatic heterocycles. The Morgan fingerprint density at radius 3 is 2.55 bits per heavy atom. The first-order chi connectivity index (χ1) is 10.9. The number of ether oxygens (including phenoxy) is 1.